The summed E-state index contributed by atoms with van der Waals surface area (Å²) in [4.78, 5) is 8.73. The normalized spacial score (nSPS) is 16.9. The van der Waals surface area contributed by atoms with Gasteiger partial charge in [0.25, 0.3) is 0 Å². The minimum absolute atomic E-state index is 0.225. The average molecular weight is 253 g/mol. The third-order valence-corrected chi connectivity index (χ3v) is 3.96. The van der Waals surface area contributed by atoms with Gasteiger partial charge in [0.1, 0.15) is 5.82 Å². The number of benzene rings is 1. The van der Waals surface area contributed by atoms with Crippen LogP contribution in [0.25, 0.3) is 0 Å². The molecule has 1 fully saturated rings. The first-order valence-electron chi connectivity index (χ1n) is 6.88. The molecule has 0 amide bonds. The van der Waals surface area contributed by atoms with Crippen LogP contribution in [0, 0.1) is 6.92 Å². The lowest BCUT2D eigenvalue weighted by atomic mass is 9.77. The van der Waals surface area contributed by atoms with Crippen LogP contribution in [0.2, 0.25) is 0 Å². The van der Waals surface area contributed by atoms with Crippen molar-refractivity contribution in [1.82, 2.24) is 9.97 Å². The summed E-state index contributed by atoms with van der Waals surface area (Å²) in [5.74, 6) is 1.38. The molecule has 3 nitrogen and oxygen atoms in total. The van der Waals surface area contributed by atoms with Crippen molar-refractivity contribution < 1.29 is 0 Å². The SMILES string of the molecule is Cc1cnc(C(N)c2ccccc2C2CCC2)nc1. The summed E-state index contributed by atoms with van der Waals surface area (Å²) in [6, 6.07) is 8.23. The molecular weight excluding hydrogens is 234 g/mol. The Bertz CT molecular complexity index is 558. The van der Waals surface area contributed by atoms with Gasteiger partial charge in [0, 0.05) is 12.4 Å². The van der Waals surface area contributed by atoms with Gasteiger partial charge in [0.05, 0.1) is 6.04 Å². The molecule has 3 rings (SSSR count). The zero-order valence-electron chi connectivity index (χ0n) is 11.2. The molecule has 98 valence electrons. The van der Waals surface area contributed by atoms with Gasteiger partial charge in [-0.3, -0.25) is 0 Å². The van der Waals surface area contributed by atoms with Gasteiger partial charge in [-0.2, -0.15) is 0 Å². The molecule has 1 unspecified atom stereocenters. The number of nitrogens with two attached hydrogens (primary N) is 1. The first-order valence-corrected chi connectivity index (χ1v) is 6.88. The van der Waals surface area contributed by atoms with Crippen molar-refractivity contribution in [2.45, 2.75) is 38.1 Å². The second-order valence-electron chi connectivity index (χ2n) is 5.35. The summed E-state index contributed by atoms with van der Waals surface area (Å²) in [5, 5.41) is 0. The van der Waals surface area contributed by atoms with E-state index in [0.29, 0.717) is 11.7 Å². The first-order chi connectivity index (χ1) is 9.25. The number of aromatic nitrogens is 2. The van der Waals surface area contributed by atoms with Crippen molar-refractivity contribution in [3.8, 4) is 0 Å². The van der Waals surface area contributed by atoms with Crippen molar-refractivity contribution in [3.05, 3.63) is 59.2 Å². The number of nitrogens with zero attached hydrogens (tertiary/aromatic N) is 2. The molecule has 0 saturated heterocycles. The Labute approximate surface area is 113 Å². The van der Waals surface area contributed by atoms with Crippen LogP contribution in [0.5, 0.6) is 0 Å². The molecule has 1 saturated carbocycles. The Morgan fingerprint density at radius 1 is 1.16 bits per heavy atom. The van der Waals surface area contributed by atoms with Crippen LogP contribution >= 0.6 is 0 Å². The topological polar surface area (TPSA) is 51.8 Å². The lowest BCUT2D eigenvalue weighted by Crippen LogP contribution is -2.20. The van der Waals surface area contributed by atoms with Crippen molar-refractivity contribution in [2.24, 2.45) is 5.73 Å². The molecule has 1 aromatic heterocycles. The fraction of sp³-hybridized carbons (Fsp3) is 0.375. The Morgan fingerprint density at radius 3 is 2.47 bits per heavy atom. The van der Waals surface area contributed by atoms with Gasteiger partial charge >= 0.3 is 0 Å². The molecule has 1 atom stereocenters. The van der Waals surface area contributed by atoms with Gasteiger partial charge < -0.3 is 5.73 Å². The van der Waals surface area contributed by atoms with E-state index in [9.17, 15) is 0 Å². The maximum atomic E-state index is 6.36. The second-order valence-corrected chi connectivity index (χ2v) is 5.35. The Hall–Kier alpha value is -1.74. The van der Waals surface area contributed by atoms with Gasteiger partial charge in [0.2, 0.25) is 0 Å². The van der Waals surface area contributed by atoms with E-state index in [1.807, 2.05) is 25.4 Å². The quantitative estimate of drug-likeness (QED) is 0.914. The van der Waals surface area contributed by atoms with Crippen molar-refractivity contribution >= 4 is 0 Å². The fourth-order valence-electron chi connectivity index (χ4n) is 2.59. The van der Waals surface area contributed by atoms with Crippen LogP contribution in [0.3, 0.4) is 0 Å². The van der Waals surface area contributed by atoms with Crippen molar-refractivity contribution in [1.29, 1.82) is 0 Å². The molecule has 1 heterocycles. The summed E-state index contributed by atoms with van der Waals surface area (Å²) >= 11 is 0. The third-order valence-electron chi connectivity index (χ3n) is 3.96. The maximum absolute atomic E-state index is 6.36. The van der Waals surface area contributed by atoms with Crippen LogP contribution in [0.4, 0.5) is 0 Å². The standard InChI is InChI=1S/C16H19N3/c1-11-9-18-16(19-10-11)15(17)14-8-3-2-7-13(14)12-5-4-6-12/h2-3,7-10,12,15H,4-6,17H2,1H3. The largest absolute Gasteiger partial charge is 0.318 e. The Kier molecular flexibility index (Phi) is 3.30. The van der Waals surface area contributed by atoms with E-state index < -0.39 is 0 Å². The van der Waals surface area contributed by atoms with E-state index in [0.717, 1.165) is 5.56 Å². The molecule has 1 aromatic carbocycles. The first kappa shape index (κ1) is 12.3. The Morgan fingerprint density at radius 2 is 1.84 bits per heavy atom. The highest BCUT2D eigenvalue weighted by molar-refractivity contribution is 5.36. The van der Waals surface area contributed by atoms with E-state index in [1.54, 1.807) is 0 Å². The van der Waals surface area contributed by atoms with Gasteiger partial charge in [0.15, 0.2) is 0 Å². The molecule has 0 spiro atoms. The summed E-state index contributed by atoms with van der Waals surface area (Å²) in [7, 11) is 0. The van der Waals surface area contributed by atoms with Gasteiger partial charge in [-0.1, -0.05) is 30.7 Å². The molecule has 1 aliphatic carbocycles. The van der Waals surface area contributed by atoms with Crippen molar-refractivity contribution in [3.63, 3.8) is 0 Å². The molecule has 0 bridgehead atoms. The summed E-state index contributed by atoms with van der Waals surface area (Å²) < 4.78 is 0. The average Bonchev–Trinajstić information content (AvgIpc) is 2.37. The van der Waals surface area contributed by atoms with Crippen molar-refractivity contribution in [2.75, 3.05) is 0 Å². The zero-order valence-corrected chi connectivity index (χ0v) is 11.2. The molecule has 2 aromatic rings. The smallest absolute Gasteiger partial charge is 0.149 e. The summed E-state index contributed by atoms with van der Waals surface area (Å²) in [5.41, 5.74) is 9.97. The van der Waals surface area contributed by atoms with Gasteiger partial charge in [-0.25, -0.2) is 9.97 Å². The second kappa shape index (κ2) is 5.10. The minimum Gasteiger partial charge on any atom is -0.318 e. The van der Waals surface area contributed by atoms with E-state index >= 15 is 0 Å². The van der Waals surface area contributed by atoms with E-state index in [-0.39, 0.29) is 6.04 Å². The lowest BCUT2D eigenvalue weighted by molar-refractivity contribution is 0.416. The number of rotatable bonds is 3. The molecule has 1 aliphatic rings. The minimum atomic E-state index is -0.225. The highest BCUT2D eigenvalue weighted by atomic mass is 14.9. The molecular formula is C16H19N3. The summed E-state index contributed by atoms with van der Waals surface area (Å²) in [6.45, 7) is 1.98. The highest BCUT2D eigenvalue weighted by Gasteiger charge is 2.24. The predicted octanol–water partition coefficient (Wildman–Crippen LogP) is 3.10. The van der Waals surface area contributed by atoms with Crippen LogP contribution in [0.15, 0.2) is 36.7 Å². The predicted molar refractivity (Wildman–Crippen MR) is 75.8 cm³/mol. The molecule has 0 aliphatic heterocycles. The van der Waals surface area contributed by atoms with E-state index in [4.69, 9.17) is 5.73 Å². The molecule has 3 heteroatoms. The fourth-order valence-corrected chi connectivity index (χ4v) is 2.59. The van der Waals surface area contributed by atoms with E-state index in [1.165, 1.54) is 30.4 Å². The number of hydrogen-bond donors (Lipinski definition) is 1. The van der Waals surface area contributed by atoms with Gasteiger partial charge in [-0.15, -0.1) is 0 Å². The summed E-state index contributed by atoms with van der Waals surface area (Å²) in [6.07, 6.45) is 7.54. The molecule has 2 N–H and O–H groups in total. The van der Waals surface area contributed by atoms with Crippen LogP contribution in [0.1, 0.15) is 53.7 Å². The number of aryl methyl sites for hydroxylation is 1. The zero-order chi connectivity index (χ0) is 13.2. The Balaban J connectivity index is 1.94. The monoisotopic (exact) mass is 253 g/mol. The van der Waals surface area contributed by atoms with Gasteiger partial charge in [-0.05, 0) is 42.4 Å². The van der Waals surface area contributed by atoms with Crippen LogP contribution in [-0.4, -0.2) is 9.97 Å². The van der Waals surface area contributed by atoms with Crippen LogP contribution < -0.4 is 5.73 Å². The molecule has 0 radical (unpaired) electrons. The van der Waals surface area contributed by atoms with E-state index in [2.05, 4.69) is 28.2 Å². The highest BCUT2D eigenvalue weighted by Crippen LogP contribution is 2.39. The molecule has 19 heavy (non-hydrogen) atoms. The van der Waals surface area contributed by atoms with Crippen LogP contribution in [-0.2, 0) is 0 Å². The third kappa shape index (κ3) is 2.38. The lowest BCUT2D eigenvalue weighted by Gasteiger charge is -2.29. The maximum Gasteiger partial charge on any atom is 0.149 e. The number of hydrogen-bond acceptors (Lipinski definition) is 3.